The number of nitrogens with zero attached hydrogens (tertiary/aromatic N) is 2. The minimum Gasteiger partial charge on any atom is -0.481 e. The minimum absolute atomic E-state index is 0.0971. The van der Waals surface area contributed by atoms with E-state index >= 15 is 0 Å². The van der Waals surface area contributed by atoms with Crippen molar-refractivity contribution in [2.24, 2.45) is 0 Å². The number of esters is 1. The molecule has 0 saturated carbocycles. The maximum Gasteiger partial charge on any atom is 0.497 e. The zero-order valence-electron chi connectivity index (χ0n) is 32.9. The van der Waals surface area contributed by atoms with Crippen molar-refractivity contribution in [3.8, 4) is 17.0 Å². The molecule has 0 radical (unpaired) electrons. The lowest BCUT2D eigenvalue weighted by molar-refractivity contribution is -0.167. The molecule has 1 aromatic heterocycles. The number of unbranched alkanes of at least 4 members (excludes halogenated alkanes) is 1. The van der Waals surface area contributed by atoms with Gasteiger partial charge in [0.1, 0.15) is 0 Å². The van der Waals surface area contributed by atoms with Crippen LogP contribution in [0.4, 0.5) is 5.69 Å². The number of hydrogen-bond donors (Lipinski definition) is 0. The highest BCUT2D eigenvalue weighted by Crippen LogP contribution is 2.45. The summed E-state index contributed by atoms with van der Waals surface area (Å²) < 4.78 is 61.5. The van der Waals surface area contributed by atoms with Crippen molar-refractivity contribution in [1.82, 2.24) is 4.98 Å². The van der Waals surface area contributed by atoms with E-state index < -0.39 is 46.0 Å². The van der Waals surface area contributed by atoms with Crippen LogP contribution in [0, 0.1) is 20.8 Å². The van der Waals surface area contributed by atoms with Crippen molar-refractivity contribution in [3.05, 3.63) is 68.8 Å². The summed E-state index contributed by atoms with van der Waals surface area (Å²) in [5, 5.41) is 0. The molecule has 284 valence electrons. The SMILES string of the molecule is CCCCOC(=O)[C@@H](OC(C)(C)C)c1c(C)c(N(Cc2cc(OC)ncc2Br)S(C)(=O)=O)c(B2OC(C)(C)C(C)(C)O2)c(C)c1-c1ccc(C)cc1. The summed E-state index contributed by atoms with van der Waals surface area (Å²) in [5.74, 6) is -0.226. The second-order valence-electron chi connectivity index (χ2n) is 15.5. The highest BCUT2D eigenvalue weighted by atomic mass is 79.9. The third-order valence-corrected chi connectivity index (χ3v) is 11.5. The largest absolute Gasteiger partial charge is 0.497 e. The highest BCUT2D eigenvalue weighted by Gasteiger charge is 2.54. The normalized spacial score (nSPS) is 16.2. The quantitative estimate of drug-likeness (QED) is 0.0967. The predicted octanol–water partition coefficient (Wildman–Crippen LogP) is 7.91. The number of aryl methyl sites for hydroxylation is 1. The molecule has 0 spiro atoms. The number of methoxy groups -OCH3 is 1. The molecule has 1 saturated heterocycles. The maximum absolute atomic E-state index is 14.2. The van der Waals surface area contributed by atoms with Gasteiger partial charge in [0.05, 0.1) is 49.0 Å². The first kappa shape index (κ1) is 41.8. The van der Waals surface area contributed by atoms with Gasteiger partial charge in [-0.1, -0.05) is 43.2 Å². The van der Waals surface area contributed by atoms with Crippen LogP contribution in [0.3, 0.4) is 0 Å². The fourth-order valence-electron chi connectivity index (χ4n) is 6.20. The molecule has 1 fully saturated rings. The molecule has 3 aromatic rings. The molecular weight excluding hydrogens is 747 g/mol. The van der Waals surface area contributed by atoms with Crippen LogP contribution in [0.1, 0.15) is 102 Å². The lowest BCUT2D eigenvalue weighted by Crippen LogP contribution is -2.44. The fraction of sp³-hybridized carbons (Fsp3) is 0.538. The van der Waals surface area contributed by atoms with E-state index in [1.807, 2.05) is 100 Å². The second kappa shape index (κ2) is 15.8. The Hall–Kier alpha value is -2.97. The van der Waals surface area contributed by atoms with Gasteiger partial charge in [-0.2, -0.15) is 0 Å². The van der Waals surface area contributed by atoms with Crippen LogP contribution in [0.15, 0.2) is 41.0 Å². The molecule has 1 aliphatic heterocycles. The van der Waals surface area contributed by atoms with E-state index in [9.17, 15) is 13.2 Å². The lowest BCUT2D eigenvalue weighted by atomic mass is 9.70. The van der Waals surface area contributed by atoms with Crippen LogP contribution in [0.5, 0.6) is 5.88 Å². The predicted molar refractivity (Wildman–Crippen MR) is 211 cm³/mol. The van der Waals surface area contributed by atoms with Gasteiger partial charge in [0.25, 0.3) is 0 Å². The summed E-state index contributed by atoms with van der Waals surface area (Å²) in [6, 6.07) is 9.70. The van der Waals surface area contributed by atoms with E-state index in [0.717, 1.165) is 23.8 Å². The van der Waals surface area contributed by atoms with Crippen molar-refractivity contribution in [3.63, 3.8) is 0 Å². The molecule has 0 unspecified atom stereocenters. The van der Waals surface area contributed by atoms with Crippen LogP contribution >= 0.6 is 15.9 Å². The fourth-order valence-corrected chi connectivity index (χ4v) is 7.48. The molecular formula is C39H54BBrN2O8S. The van der Waals surface area contributed by atoms with Gasteiger partial charge in [0, 0.05) is 27.8 Å². The second-order valence-corrected chi connectivity index (χ2v) is 18.2. The standard InChI is InChI=1S/C39H54BBrN2O8S/c1-14-15-20-48-36(44)35(49-37(5,6)7)32-26(4)34(43(52(13,45)46)23-28-21-30(47-12)42-22-29(28)41)33(40-50-38(8,9)39(10,11)51-40)25(3)31(32)27-18-16-24(2)17-19-27/h16-19,21-22,35H,14-15,20,23H2,1-13H3/t35-/m0/s1. The number of aromatic nitrogens is 1. The Morgan fingerprint density at radius 2 is 1.63 bits per heavy atom. The van der Waals surface area contributed by atoms with Gasteiger partial charge in [0.15, 0.2) is 6.10 Å². The number of ether oxygens (including phenoxy) is 3. The zero-order valence-corrected chi connectivity index (χ0v) is 35.3. The van der Waals surface area contributed by atoms with E-state index in [4.69, 9.17) is 23.5 Å². The smallest absolute Gasteiger partial charge is 0.481 e. The number of benzene rings is 2. The highest BCUT2D eigenvalue weighted by molar-refractivity contribution is 9.10. The van der Waals surface area contributed by atoms with E-state index in [1.165, 1.54) is 11.4 Å². The van der Waals surface area contributed by atoms with Crippen molar-refractivity contribution in [1.29, 1.82) is 0 Å². The van der Waals surface area contributed by atoms with E-state index in [2.05, 4.69) is 20.9 Å². The van der Waals surface area contributed by atoms with Gasteiger partial charge in [0.2, 0.25) is 15.9 Å². The van der Waals surface area contributed by atoms with E-state index in [1.54, 1.807) is 12.3 Å². The van der Waals surface area contributed by atoms with Gasteiger partial charge in [-0.05, 0) is 119 Å². The van der Waals surface area contributed by atoms with Crippen molar-refractivity contribution >= 4 is 50.2 Å². The Morgan fingerprint density at radius 1 is 1.04 bits per heavy atom. The summed E-state index contributed by atoms with van der Waals surface area (Å²) in [6.07, 6.45) is 3.07. The van der Waals surface area contributed by atoms with E-state index in [0.29, 0.717) is 55.7 Å². The van der Waals surface area contributed by atoms with Crippen LogP contribution in [0.2, 0.25) is 0 Å². The van der Waals surface area contributed by atoms with Crippen LogP contribution in [0.25, 0.3) is 11.1 Å². The minimum atomic E-state index is -4.02. The third-order valence-electron chi connectivity index (χ3n) is 9.66. The van der Waals surface area contributed by atoms with Gasteiger partial charge < -0.3 is 23.5 Å². The number of carbonyl (C=O) groups excluding carboxylic acids is 1. The molecule has 1 atom stereocenters. The molecule has 13 heteroatoms. The Morgan fingerprint density at radius 3 is 2.15 bits per heavy atom. The monoisotopic (exact) mass is 800 g/mol. The molecule has 0 aliphatic carbocycles. The maximum atomic E-state index is 14.2. The summed E-state index contributed by atoms with van der Waals surface area (Å²) in [7, 11) is -3.48. The average Bonchev–Trinajstić information content (AvgIpc) is 3.25. The van der Waals surface area contributed by atoms with Crippen LogP contribution in [-0.2, 0) is 40.1 Å². The summed E-state index contributed by atoms with van der Waals surface area (Å²) >= 11 is 3.57. The molecule has 0 bridgehead atoms. The molecule has 52 heavy (non-hydrogen) atoms. The molecule has 10 nitrogen and oxygen atoms in total. The Balaban J connectivity index is 2.21. The summed E-state index contributed by atoms with van der Waals surface area (Å²) in [4.78, 5) is 18.5. The summed E-state index contributed by atoms with van der Waals surface area (Å²) in [5.41, 5.74) is 3.51. The number of pyridine rings is 1. The first-order chi connectivity index (χ1) is 24.0. The first-order valence-corrected chi connectivity index (χ1v) is 20.3. The van der Waals surface area contributed by atoms with Gasteiger partial charge >= 0.3 is 13.1 Å². The molecule has 4 rings (SSSR count). The van der Waals surface area contributed by atoms with Gasteiger partial charge in [-0.15, -0.1) is 0 Å². The Kier molecular flexibility index (Phi) is 12.7. The van der Waals surface area contributed by atoms with Crippen molar-refractivity contribution in [2.45, 2.75) is 118 Å². The molecule has 0 amide bonds. The van der Waals surface area contributed by atoms with Gasteiger partial charge in [-0.3, -0.25) is 4.31 Å². The molecule has 2 aromatic carbocycles. The van der Waals surface area contributed by atoms with E-state index in [-0.39, 0.29) is 13.2 Å². The first-order valence-electron chi connectivity index (χ1n) is 17.6. The number of halogens is 1. The molecule has 0 N–H and O–H groups in total. The Bertz CT molecular complexity index is 1880. The number of hydrogen-bond acceptors (Lipinski definition) is 9. The molecule has 2 heterocycles. The topological polar surface area (TPSA) is 113 Å². The lowest BCUT2D eigenvalue weighted by Gasteiger charge is -2.35. The van der Waals surface area contributed by atoms with Crippen LogP contribution in [-0.4, -0.2) is 63.3 Å². The Labute approximate surface area is 319 Å². The average molecular weight is 802 g/mol. The number of carbonyl (C=O) groups is 1. The molecule has 1 aliphatic rings. The number of anilines is 1. The summed E-state index contributed by atoms with van der Waals surface area (Å²) in [6.45, 7) is 21.4. The third kappa shape index (κ3) is 9.03. The van der Waals surface area contributed by atoms with Crippen LogP contribution < -0.4 is 14.5 Å². The zero-order chi connectivity index (χ0) is 39.0. The van der Waals surface area contributed by atoms with Crippen molar-refractivity contribution in [2.75, 3.05) is 24.3 Å². The number of sulfonamides is 1. The van der Waals surface area contributed by atoms with Gasteiger partial charge in [-0.25, -0.2) is 18.2 Å². The van der Waals surface area contributed by atoms with Crippen molar-refractivity contribution < 1.29 is 36.7 Å². The number of rotatable bonds is 13.